The molecule has 2 N–H and O–H groups in total. The summed E-state index contributed by atoms with van der Waals surface area (Å²) >= 11 is 0. The van der Waals surface area contributed by atoms with E-state index < -0.39 is 29.7 Å². The van der Waals surface area contributed by atoms with E-state index in [1.54, 1.807) is 19.3 Å². The first-order valence-corrected chi connectivity index (χ1v) is 6.75. The van der Waals surface area contributed by atoms with E-state index in [2.05, 4.69) is 0 Å². The molecule has 2 heterocycles. The highest BCUT2D eigenvalue weighted by atomic mass is 16.6. The average Bonchev–Trinajstić information content (AvgIpc) is 2.93. The second-order valence-corrected chi connectivity index (χ2v) is 5.84. The Morgan fingerprint density at radius 1 is 1.40 bits per heavy atom. The zero-order valence-corrected chi connectivity index (χ0v) is 11.5. The molecule has 0 amide bonds. The number of hydrogen-bond acceptors (Lipinski definition) is 5. The van der Waals surface area contributed by atoms with Gasteiger partial charge >= 0.3 is 5.97 Å². The van der Waals surface area contributed by atoms with Crippen LogP contribution in [0.2, 0.25) is 0 Å². The van der Waals surface area contributed by atoms with Crippen LogP contribution in [0.1, 0.15) is 38.4 Å². The average molecular weight is 278 g/mol. The largest absolute Gasteiger partial charge is 0.472 e. The van der Waals surface area contributed by atoms with E-state index in [-0.39, 0.29) is 0 Å². The first-order chi connectivity index (χ1) is 9.45. The lowest BCUT2D eigenvalue weighted by Crippen LogP contribution is -2.49. The number of furan rings is 1. The van der Waals surface area contributed by atoms with Gasteiger partial charge in [0.25, 0.3) is 0 Å². The molecule has 1 aliphatic heterocycles. The minimum atomic E-state index is -1.29. The number of hydrogen-bond donors (Lipinski definition) is 2. The van der Waals surface area contributed by atoms with Crippen molar-refractivity contribution in [3.8, 4) is 0 Å². The standard InChI is InChI=1S/C15H18O5/c1-8-10(16)3-5-15(2)11(8)12(17)14(18)20-13(15)9-4-6-19-7-9/h4,6-7,10,12-13,16-17H,3,5H2,1-2H3/t10-,12+,13-,15+/m0/s1. The van der Waals surface area contributed by atoms with Gasteiger partial charge in [-0.3, -0.25) is 0 Å². The zero-order chi connectivity index (χ0) is 14.5. The number of aliphatic hydroxyl groups excluding tert-OH is 2. The Kier molecular flexibility index (Phi) is 2.99. The third kappa shape index (κ3) is 1.73. The van der Waals surface area contributed by atoms with Gasteiger partial charge in [-0.05, 0) is 37.0 Å². The molecule has 5 nitrogen and oxygen atoms in total. The summed E-state index contributed by atoms with van der Waals surface area (Å²) in [6.45, 7) is 3.73. The van der Waals surface area contributed by atoms with Crippen molar-refractivity contribution >= 4 is 5.97 Å². The summed E-state index contributed by atoms with van der Waals surface area (Å²) in [5, 5.41) is 20.2. The molecule has 0 aromatic carbocycles. The van der Waals surface area contributed by atoms with Crippen LogP contribution in [0.25, 0.3) is 0 Å². The number of rotatable bonds is 1. The predicted molar refractivity (Wildman–Crippen MR) is 69.6 cm³/mol. The van der Waals surface area contributed by atoms with Gasteiger partial charge in [0, 0.05) is 11.0 Å². The molecule has 0 spiro atoms. The fourth-order valence-corrected chi connectivity index (χ4v) is 3.51. The van der Waals surface area contributed by atoms with Crippen molar-refractivity contribution in [1.82, 2.24) is 0 Å². The third-order valence-electron chi connectivity index (χ3n) is 4.63. The fourth-order valence-electron chi connectivity index (χ4n) is 3.51. The maximum Gasteiger partial charge on any atom is 0.339 e. The number of carbonyl (C=O) groups excluding carboxylic acids is 1. The highest BCUT2D eigenvalue weighted by Crippen LogP contribution is 2.54. The van der Waals surface area contributed by atoms with Gasteiger partial charge in [-0.2, -0.15) is 0 Å². The molecule has 20 heavy (non-hydrogen) atoms. The summed E-state index contributed by atoms with van der Waals surface area (Å²) in [6.07, 6.45) is 1.92. The summed E-state index contributed by atoms with van der Waals surface area (Å²) in [4.78, 5) is 11.9. The molecule has 0 radical (unpaired) electrons. The molecule has 1 aromatic heterocycles. The molecule has 1 fully saturated rings. The van der Waals surface area contributed by atoms with E-state index >= 15 is 0 Å². The lowest BCUT2D eigenvalue weighted by molar-refractivity contribution is -0.174. The minimum absolute atomic E-state index is 0.491. The lowest BCUT2D eigenvalue weighted by Gasteiger charge is -2.48. The van der Waals surface area contributed by atoms with Crippen LogP contribution in [0.4, 0.5) is 0 Å². The number of aliphatic hydroxyl groups is 2. The summed E-state index contributed by atoms with van der Waals surface area (Å²) in [5.74, 6) is -0.669. The number of ether oxygens (including phenoxy) is 1. The summed E-state index contributed by atoms with van der Waals surface area (Å²) in [6, 6.07) is 1.76. The quantitative estimate of drug-likeness (QED) is 0.604. The highest BCUT2D eigenvalue weighted by Gasteiger charge is 2.53. The van der Waals surface area contributed by atoms with Crippen molar-refractivity contribution in [3.05, 3.63) is 35.3 Å². The van der Waals surface area contributed by atoms with Crippen LogP contribution in [0, 0.1) is 5.41 Å². The Hall–Kier alpha value is -1.59. The van der Waals surface area contributed by atoms with E-state index in [9.17, 15) is 15.0 Å². The molecule has 5 heteroatoms. The Labute approximate surface area is 116 Å². The molecular weight excluding hydrogens is 260 g/mol. The van der Waals surface area contributed by atoms with E-state index in [1.807, 2.05) is 6.92 Å². The fraction of sp³-hybridized carbons (Fsp3) is 0.533. The van der Waals surface area contributed by atoms with E-state index in [1.165, 1.54) is 6.26 Å². The number of cyclic esters (lactones) is 1. The molecule has 0 unspecified atom stereocenters. The molecular formula is C15H18O5. The molecule has 2 aliphatic rings. The van der Waals surface area contributed by atoms with Crippen molar-refractivity contribution in [2.24, 2.45) is 5.41 Å². The van der Waals surface area contributed by atoms with Gasteiger partial charge in [0.1, 0.15) is 6.10 Å². The first-order valence-electron chi connectivity index (χ1n) is 6.75. The van der Waals surface area contributed by atoms with E-state index in [0.717, 1.165) is 5.56 Å². The Morgan fingerprint density at radius 2 is 2.15 bits per heavy atom. The smallest absolute Gasteiger partial charge is 0.339 e. The lowest BCUT2D eigenvalue weighted by atomic mass is 9.63. The molecule has 1 aliphatic carbocycles. The number of esters is 1. The molecule has 0 bridgehead atoms. The van der Waals surface area contributed by atoms with E-state index in [4.69, 9.17) is 9.15 Å². The number of fused-ring (bicyclic) bond motifs is 1. The zero-order valence-electron chi connectivity index (χ0n) is 11.5. The van der Waals surface area contributed by atoms with Gasteiger partial charge < -0.3 is 19.4 Å². The predicted octanol–water partition coefficient (Wildman–Crippen LogP) is 1.72. The third-order valence-corrected chi connectivity index (χ3v) is 4.63. The maximum atomic E-state index is 11.9. The molecule has 1 aromatic rings. The molecule has 108 valence electrons. The van der Waals surface area contributed by atoms with Crippen LogP contribution in [0.15, 0.2) is 34.2 Å². The Morgan fingerprint density at radius 3 is 2.80 bits per heavy atom. The van der Waals surface area contributed by atoms with Gasteiger partial charge in [-0.1, -0.05) is 6.92 Å². The molecule has 0 saturated carbocycles. The van der Waals surface area contributed by atoms with Crippen molar-refractivity contribution < 1.29 is 24.2 Å². The van der Waals surface area contributed by atoms with Crippen molar-refractivity contribution in [1.29, 1.82) is 0 Å². The van der Waals surface area contributed by atoms with Crippen molar-refractivity contribution in [2.45, 2.75) is 45.0 Å². The van der Waals surface area contributed by atoms with Gasteiger partial charge in [0.2, 0.25) is 0 Å². The topological polar surface area (TPSA) is 79.9 Å². The highest BCUT2D eigenvalue weighted by molar-refractivity contribution is 5.81. The van der Waals surface area contributed by atoms with Crippen molar-refractivity contribution in [3.63, 3.8) is 0 Å². The SMILES string of the molecule is CC1=C2[C@@H](O)C(=O)O[C@@H](c3ccoc3)[C@]2(C)CC[C@@H]1O. The molecule has 1 saturated heterocycles. The van der Waals surface area contributed by atoms with Crippen LogP contribution >= 0.6 is 0 Å². The van der Waals surface area contributed by atoms with Gasteiger partial charge in [-0.15, -0.1) is 0 Å². The maximum absolute atomic E-state index is 11.9. The van der Waals surface area contributed by atoms with Gasteiger partial charge in [-0.25, -0.2) is 4.79 Å². The minimum Gasteiger partial charge on any atom is -0.472 e. The van der Waals surface area contributed by atoms with Crippen LogP contribution < -0.4 is 0 Å². The van der Waals surface area contributed by atoms with Crippen LogP contribution in [0.5, 0.6) is 0 Å². The Balaban J connectivity index is 2.14. The normalized spacial score (nSPS) is 37.6. The molecule has 4 atom stereocenters. The van der Waals surface area contributed by atoms with Gasteiger partial charge in [0.05, 0.1) is 18.6 Å². The van der Waals surface area contributed by atoms with Crippen LogP contribution in [-0.2, 0) is 9.53 Å². The van der Waals surface area contributed by atoms with E-state index in [0.29, 0.717) is 24.0 Å². The summed E-state index contributed by atoms with van der Waals surface area (Å²) in [7, 11) is 0. The second-order valence-electron chi connectivity index (χ2n) is 5.84. The Bertz CT molecular complexity index is 559. The monoisotopic (exact) mass is 278 g/mol. The first kappa shape index (κ1) is 13.4. The summed E-state index contributed by atoms with van der Waals surface area (Å²) in [5.41, 5.74) is 1.53. The van der Waals surface area contributed by atoms with Crippen LogP contribution in [0.3, 0.4) is 0 Å². The van der Waals surface area contributed by atoms with Crippen molar-refractivity contribution in [2.75, 3.05) is 0 Å². The van der Waals surface area contributed by atoms with Crippen LogP contribution in [-0.4, -0.2) is 28.4 Å². The number of carbonyl (C=O) groups is 1. The summed E-state index contributed by atoms with van der Waals surface area (Å²) < 4.78 is 10.5. The second kappa shape index (κ2) is 4.46. The van der Waals surface area contributed by atoms with Gasteiger partial charge in [0.15, 0.2) is 6.10 Å². The molecule has 3 rings (SSSR count).